The van der Waals surface area contributed by atoms with Crippen molar-refractivity contribution in [2.75, 3.05) is 43.6 Å². The Labute approximate surface area is 104 Å². The van der Waals surface area contributed by atoms with Gasteiger partial charge in [0.05, 0.1) is 0 Å². The molecule has 0 unspecified atom stereocenters. The van der Waals surface area contributed by atoms with Gasteiger partial charge in [0.15, 0.2) is 0 Å². The fraction of sp³-hybridized carbons (Fsp3) is 0.571. The Morgan fingerprint density at radius 2 is 1.88 bits per heavy atom. The first-order valence-electron chi connectivity index (χ1n) is 6.48. The number of nitrogens with zero attached hydrogens (tertiary/aromatic N) is 1. The number of benzene rings is 1. The van der Waals surface area contributed by atoms with Crippen molar-refractivity contribution in [3.63, 3.8) is 0 Å². The molecule has 2 rings (SSSR count). The molecule has 3 heteroatoms. The van der Waals surface area contributed by atoms with Crippen LogP contribution in [0.25, 0.3) is 0 Å². The minimum Gasteiger partial charge on any atom is -0.385 e. The molecule has 1 N–H and O–H groups in total. The zero-order valence-electron chi connectivity index (χ0n) is 10.6. The molecule has 17 heavy (non-hydrogen) atoms. The Morgan fingerprint density at radius 3 is 2.53 bits per heavy atom. The maximum atomic E-state index is 5.02. The third kappa shape index (κ3) is 3.63. The molecule has 0 amide bonds. The summed E-state index contributed by atoms with van der Waals surface area (Å²) in [6.45, 7) is 4.21. The molecule has 1 aromatic rings. The van der Waals surface area contributed by atoms with Crippen LogP contribution in [-0.4, -0.2) is 33.4 Å². The second-order valence-corrected chi connectivity index (χ2v) is 4.51. The second kappa shape index (κ2) is 6.50. The predicted octanol–water partition coefficient (Wildman–Crippen LogP) is 2.74. The van der Waals surface area contributed by atoms with Crippen molar-refractivity contribution in [3.05, 3.63) is 24.3 Å². The quantitative estimate of drug-likeness (QED) is 0.766. The van der Waals surface area contributed by atoms with E-state index >= 15 is 0 Å². The highest BCUT2D eigenvalue weighted by Gasteiger charge is 2.11. The van der Waals surface area contributed by atoms with Crippen molar-refractivity contribution in [3.8, 4) is 0 Å². The Bertz CT molecular complexity index is 317. The molecule has 0 aliphatic carbocycles. The van der Waals surface area contributed by atoms with E-state index in [1.165, 1.54) is 37.3 Å². The van der Waals surface area contributed by atoms with Crippen molar-refractivity contribution in [1.82, 2.24) is 0 Å². The third-order valence-electron chi connectivity index (χ3n) is 3.19. The summed E-state index contributed by atoms with van der Waals surface area (Å²) >= 11 is 0. The molecule has 1 aromatic carbocycles. The monoisotopic (exact) mass is 234 g/mol. The zero-order chi connectivity index (χ0) is 11.9. The average Bonchev–Trinajstić information content (AvgIpc) is 2.89. The summed E-state index contributed by atoms with van der Waals surface area (Å²) in [6, 6.07) is 8.76. The van der Waals surface area contributed by atoms with Gasteiger partial charge < -0.3 is 15.0 Å². The highest BCUT2D eigenvalue weighted by Crippen LogP contribution is 2.21. The van der Waals surface area contributed by atoms with Crippen LogP contribution in [0.15, 0.2) is 24.3 Å². The summed E-state index contributed by atoms with van der Waals surface area (Å²) in [6.07, 6.45) is 3.71. The van der Waals surface area contributed by atoms with E-state index in [9.17, 15) is 0 Å². The van der Waals surface area contributed by atoms with Gasteiger partial charge in [-0.1, -0.05) is 0 Å². The molecule has 1 heterocycles. The predicted molar refractivity (Wildman–Crippen MR) is 72.9 cm³/mol. The number of rotatable bonds is 6. The van der Waals surface area contributed by atoms with Gasteiger partial charge in [0, 0.05) is 44.7 Å². The zero-order valence-corrected chi connectivity index (χ0v) is 10.6. The molecule has 0 bridgehead atoms. The molecular weight excluding hydrogens is 212 g/mol. The average molecular weight is 234 g/mol. The van der Waals surface area contributed by atoms with E-state index in [1.807, 2.05) is 0 Å². The summed E-state index contributed by atoms with van der Waals surface area (Å²) in [5, 5.41) is 3.40. The van der Waals surface area contributed by atoms with Crippen molar-refractivity contribution in [2.45, 2.75) is 19.3 Å². The summed E-state index contributed by atoms with van der Waals surface area (Å²) in [7, 11) is 1.74. The first-order chi connectivity index (χ1) is 8.40. The van der Waals surface area contributed by atoms with Gasteiger partial charge in [0.25, 0.3) is 0 Å². The summed E-state index contributed by atoms with van der Waals surface area (Å²) < 4.78 is 5.02. The molecule has 94 valence electrons. The minimum atomic E-state index is 0.818. The minimum absolute atomic E-state index is 0.818. The summed E-state index contributed by atoms with van der Waals surface area (Å²) in [5.41, 5.74) is 2.55. The number of ether oxygens (including phenoxy) is 1. The van der Waals surface area contributed by atoms with Crippen LogP contribution < -0.4 is 10.2 Å². The van der Waals surface area contributed by atoms with Crippen molar-refractivity contribution >= 4 is 11.4 Å². The number of nitrogens with one attached hydrogen (secondary N) is 1. The van der Waals surface area contributed by atoms with Crippen molar-refractivity contribution < 1.29 is 4.74 Å². The molecule has 0 radical (unpaired) electrons. The Hall–Kier alpha value is -1.22. The fourth-order valence-corrected chi connectivity index (χ4v) is 2.21. The first-order valence-corrected chi connectivity index (χ1v) is 6.48. The summed E-state index contributed by atoms with van der Waals surface area (Å²) in [4.78, 5) is 2.45. The molecule has 1 aliphatic heterocycles. The molecule has 1 fully saturated rings. The second-order valence-electron chi connectivity index (χ2n) is 4.51. The molecule has 1 aliphatic rings. The van der Waals surface area contributed by atoms with E-state index in [0.717, 1.165) is 19.6 Å². The van der Waals surface area contributed by atoms with Gasteiger partial charge in [-0.2, -0.15) is 0 Å². The molecule has 0 aromatic heterocycles. The van der Waals surface area contributed by atoms with Gasteiger partial charge in [-0.25, -0.2) is 0 Å². The van der Waals surface area contributed by atoms with E-state index in [0.29, 0.717) is 0 Å². The lowest BCUT2D eigenvalue weighted by Crippen LogP contribution is -2.17. The Morgan fingerprint density at radius 1 is 1.18 bits per heavy atom. The van der Waals surface area contributed by atoms with Crippen LogP contribution in [0.1, 0.15) is 19.3 Å². The fourth-order valence-electron chi connectivity index (χ4n) is 2.21. The van der Waals surface area contributed by atoms with E-state index in [1.54, 1.807) is 7.11 Å². The lowest BCUT2D eigenvalue weighted by atomic mass is 10.2. The highest BCUT2D eigenvalue weighted by molar-refractivity contribution is 5.55. The van der Waals surface area contributed by atoms with E-state index in [2.05, 4.69) is 34.5 Å². The maximum Gasteiger partial charge on any atom is 0.0479 e. The number of hydrogen-bond acceptors (Lipinski definition) is 3. The van der Waals surface area contributed by atoms with Crippen LogP contribution in [0, 0.1) is 0 Å². The van der Waals surface area contributed by atoms with Gasteiger partial charge in [-0.3, -0.25) is 0 Å². The number of hydrogen-bond donors (Lipinski definition) is 1. The smallest absolute Gasteiger partial charge is 0.0479 e. The molecule has 3 nitrogen and oxygen atoms in total. The SMILES string of the molecule is COCCCNc1ccc(N2CCCC2)cc1. The van der Waals surface area contributed by atoms with Gasteiger partial charge in [0.2, 0.25) is 0 Å². The topological polar surface area (TPSA) is 24.5 Å². The third-order valence-corrected chi connectivity index (χ3v) is 3.19. The first kappa shape index (κ1) is 12.2. The largest absolute Gasteiger partial charge is 0.385 e. The van der Waals surface area contributed by atoms with Crippen molar-refractivity contribution in [2.24, 2.45) is 0 Å². The highest BCUT2D eigenvalue weighted by atomic mass is 16.5. The molecule has 0 atom stereocenters. The van der Waals surface area contributed by atoms with Crippen molar-refractivity contribution in [1.29, 1.82) is 0 Å². The molecule has 0 saturated carbocycles. The Kier molecular flexibility index (Phi) is 4.68. The Balaban J connectivity index is 1.80. The van der Waals surface area contributed by atoms with Gasteiger partial charge >= 0.3 is 0 Å². The van der Waals surface area contributed by atoms with Crippen LogP contribution >= 0.6 is 0 Å². The summed E-state index contributed by atoms with van der Waals surface area (Å²) in [5.74, 6) is 0. The van der Waals surface area contributed by atoms with E-state index in [-0.39, 0.29) is 0 Å². The van der Waals surface area contributed by atoms with Crippen LogP contribution in [0.4, 0.5) is 11.4 Å². The van der Waals surface area contributed by atoms with E-state index in [4.69, 9.17) is 4.74 Å². The van der Waals surface area contributed by atoms with Crippen LogP contribution in [0.3, 0.4) is 0 Å². The van der Waals surface area contributed by atoms with Gasteiger partial charge in [0.1, 0.15) is 0 Å². The van der Waals surface area contributed by atoms with E-state index < -0.39 is 0 Å². The lowest BCUT2D eigenvalue weighted by molar-refractivity contribution is 0.198. The molecular formula is C14H22N2O. The molecule has 0 spiro atoms. The van der Waals surface area contributed by atoms with Crippen LogP contribution in [0.2, 0.25) is 0 Å². The number of anilines is 2. The molecule has 1 saturated heterocycles. The lowest BCUT2D eigenvalue weighted by Gasteiger charge is -2.18. The number of methoxy groups -OCH3 is 1. The normalized spacial score (nSPS) is 15.2. The van der Waals surface area contributed by atoms with Gasteiger partial charge in [-0.15, -0.1) is 0 Å². The van der Waals surface area contributed by atoms with Crippen LogP contribution in [0.5, 0.6) is 0 Å². The van der Waals surface area contributed by atoms with Gasteiger partial charge in [-0.05, 0) is 43.5 Å². The van der Waals surface area contributed by atoms with Crippen LogP contribution in [-0.2, 0) is 4.74 Å². The standard InChI is InChI=1S/C14H22N2O/c1-17-12-4-9-15-13-5-7-14(8-6-13)16-10-2-3-11-16/h5-8,15H,2-4,9-12H2,1H3. The maximum absolute atomic E-state index is 5.02.